The molecule has 0 radical (unpaired) electrons. The van der Waals surface area contributed by atoms with E-state index in [2.05, 4.69) is 15.4 Å². The average Bonchev–Trinajstić information content (AvgIpc) is 2.66. The second kappa shape index (κ2) is 18.0. The summed E-state index contributed by atoms with van der Waals surface area (Å²) in [6.07, 6.45) is 17.5. The quantitative estimate of drug-likeness (QED) is 0.201. The zero-order valence-corrected chi connectivity index (χ0v) is 16.5. The van der Waals surface area contributed by atoms with Crippen LogP contribution in [-0.4, -0.2) is 38.5 Å². The first kappa shape index (κ1) is 24.1. The summed E-state index contributed by atoms with van der Waals surface area (Å²) in [5.41, 5.74) is 0. The Kier molecular flexibility index (Phi) is 16.7. The van der Waals surface area contributed by atoms with Gasteiger partial charge in [0, 0.05) is 19.7 Å². The minimum atomic E-state index is -0.581. The Hall–Kier alpha value is -1.85. The molecule has 0 aliphatic heterocycles. The van der Waals surface area contributed by atoms with Gasteiger partial charge in [0.1, 0.15) is 0 Å². The molecule has 0 aromatic carbocycles. The first-order valence-electron chi connectivity index (χ1n) is 9.86. The lowest BCUT2D eigenvalue weighted by atomic mass is 10.1. The molecule has 150 valence electrons. The summed E-state index contributed by atoms with van der Waals surface area (Å²) in [6, 6.07) is 0. The van der Waals surface area contributed by atoms with Crippen molar-refractivity contribution in [2.45, 2.75) is 77.0 Å². The summed E-state index contributed by atoms with van der Waals surface area (Å²) in [4.78, 5) is 33.1. The number of nitrogens with one attached hydrogen (secondary N) is 2. The van der Waals surface area contributed by atoms with E-state index in [4.69, 9.17) is 0 Å². The van der Waals surface area contributed by atoms with Crippen LogP contribution in [0.25, 0.3) is 0 Å². The van der Waals surface area contributed by atoms with Gasteiger partial charge in [-0.1, -0.05) is 63.9 Å². The molecule has 0 saturated heterocycles. The summed E-state index contributed by atoms with van der Waals surface area (Å²) in [6.45, 7) is 0.571. The summed E-state index contributed by atoms with van der Waals surface area (Å²) in [5.74, 6) is -1.41. The Labute approximate surface area is 158 Å². The van der Waals surface area contributed by atoms with Gasteiger partial charge in [-0.25, -0.2) is 4.79 Å². The molecule has 0 spiro atoms. The lowest BCUT2D eigenvalue weighted by Crippen LogP contribution is -2.38. The van der Waals surface area contributed by atoms with Gasteiger partial charge in [0.2, 0.25) is 0 Å². The average molecular weight is 369 g/mol. The normalized spacial score (nSPS) is 10.7. The van der Waals surface area contributed by atoms with E-state index in [-0.39, 0.29) is 5.97 Å². The van der Waals surface area contributed by atoms with E-state index in [1.54, 1.807) is 0 Å². The molecule has 0 bridgehead atoms. The van der Waals surface area contributed by atoms with Crippen LogP contribution in [0.1, 0.15) is 77.0 Å². The van der Waals surface area contributed by atoms with Crippen molar-refractivity contribution >= 4 is 17.8 Å². The van der Waals surface area contributed by atoms with Crippen molar-refractivity contribution < 1.29 is 19.1 Å². The predicted molar refractivity (Wildman–Crippen MR) is 104 cm³/mol. The van der Waals surface area contributed by atoms with E-state index in [9.17, 15) is 14.4 Å². The molecule has 6 nitrogen and oxygen atoms in total. The third-order valence-electron chi connectivity index (χ3n) is 4.22. The zero-order chi connectivity index (χ0) is 19.5. The molecule has 6 heteroatoms. The lowest BCUT2D eigenvalue weighted by Gasteiger charge is -2.04. The van der Waals surface area contributed by atoms with Gasteiger partial charge in [0.15, 0.2) is 0 Å². The third kappa shape index (κ3) is 15.7. The highest BCUT2D eigenvalue weighted by Gasteiger charge is 2.08. The number of hydrogen-bond donors (Lipinski definition) is 2. The Morgan fingerprint density at radius 2 is 1.27 bits per heavy atom. The number of unbranched alkanes of at least 4 members (excludes halogenated alkanes) is 11. The maximum atomic E-state index is 11.2. The number of esters is 1. The van der Waals surface area contributed by atoms with E-state index in [1.807, 2.05) is 6.08 Å². The highest BCUT2D eigenvalue weighted by molar-refractivity contribution is 6.34. The molecular formula is C20H36N2O4. The third-order valence-corrected chi connectivity index (χ3v) is 4.22. The molecule has 0 aliphatic rings. The molecule has 0 atom stereocenters. The highest BCUT2D eigenvalue weighted by Crippen LogP contribution is 2.12. The fourth-order valence-electron chi connectivity index (χ4n) is 2.62. The van der Waals surface area contributed by atoms with Crippen molar-refractivity contribution in [1.82, 2.24) is 10.6 Å². The van der Waals surface area contributed by atoms with Crippen molar-refractivity contribution in [3.63, 3.8) is 0 Å². The van der Waals surface area contributed by atoms with Crippen LogP contribution in [0.15, 0.2) is 12.2 Å². The molecular weight excluding hydrogens is 332 g/mol. The SMILES string of the molecule is CNC(=O)C(=O)NCCCCCCCCCCCCCC=CC(=O)OC. The monoisotopic (exact) mass is 368 g/mol. The molecule has 0 heterocycles. The number of carbonyl (C=O) groups is 3. The highest BCUT2D eigenvalue weighted by atomic mass is 16.5. The topological polar surface area (TPSA) is 84.5 Å². The number of rotatable bonds is 15. The number of likely N-dealkylation sites (N-methyl/N-ethyl adjacent to an activating group) is 1. The number of amides is 2. The minimum Gasteiger partial charge on any atom is -0.466 e. The van der Waals surface area contributed by atoms with Crippen LogP contribution in [-0.2, 0) is 19.1 Å². The number of hydrogen-bond acceptors (Lipinski definition) is 4. The fraction of sp³-hybridized carbons (Fsp3) is 0.750. The van der Waals surface area contributed by atoms with Gasteiger partial charge in [-0.2, -0.15) is 0 Å². The maximum Gasteiger partial charge on any atom is 0.330 e. The van der Waals surface area contributed by atoms with Crippen LogP contribution in [0.2, 0.25) is 0 Å². The summed E-state index contributed by atoms with van der Waals surface area (Å²) >= 11 is 0. The van der Waals surface area contributed by atoms with Crippen LogP contribution in [0, 0.1) is 0 Å². The number of methoxy groups -OCH3 is 1. The smallest absolute Gasteiger partial charge is 0.330 e. The van der Waals surface area contributed by atoms with E-state index in [0.29, 0.717) is 6.54 Å². The van der Waals surface area contributed by atoms with Crippen molar-refractivity contribution in [1.29, 1.82) is 0 Å². The summed E-state index contributed by atoms with van der Waals surface area (Å²) < 4.78 is 4.53. The number of carbonyl (C=O) groups excluding carboxylic acids is 3. The Balaban J connectivity index is 3.20. The molecule has 0 aromatic rings. The van der Waals surface area contributed by atoms with Crippen LogP contribution >= 0.6 is 0 Å². The van der Waals surface area contributed by atoms with E-state index < -0.39 is 11.8 Å². The molecule has 0 aromatic heterocycles. The molecule has 0 rings (SSSR count). The molecule has 2 N–H and O–H groups in total. The second-order valence-corrected chi connectivity index (χ2v) is 6.44. The second-order valence-electron chi connectivity index (χ2n) is 6.44. The van der Waals surface area contributed by atoms with E-state index in [1.165, 1.54) is 71.6 Å². The van der Waals surface area contributed by atoms with Gasteiger partial charge in [-0.3, -0.25) is 9.59 Å². The van der Waals surface area contributed by atoms with Gasteiger partial charge in [0.25, 0.3) is 0 Å². The molecule has 0 saturated carbocycles. The summed E-state index contributed by atoms with van der Waals surface area (Å²) in [7, 11) is 2.84. The number of allylic oxidation sites excluding steroid dienone is 1. The minimum absolute atomic E-state index is 0.279. The van der Waals surface area contributed by atoms with Crippen molar-refractivity contribution in [2.24, 2.45) is 0 Å². The molecule has 26 heavy (non-hydrogen) atoms. The first-order chi connectivity index (χ1) is 12.6. The van der Waals surface area contributed by atoms with Crippen molar-refractivity contribution in [2.75, 3.05) is 20.7 Å². The van der Waals surface area contributed by atoms with Gasteiger partial charge < -0.3 is 15.4 Å². The van der Waals surface area contributed by atoms with Crippen molar-refractivity contribution in [3.05, 3.63) is 12.2 Å². The van der Waals surface area contributed by atoms with Gasteiger partial charge in [0.05, 0.1) is 7.11 Å². The largest absolute Gasteiger partial charge is 0.466 e. The lowest BCUT2D eigenvalue weighted by molar-refractivity contribution is -0.138. The van der Waals surface area contributed by atoms with Crippen LogP contribution in [0.3, 0.4) is 0 Å². The van der Waals surface area contributed by atoms with E-state index in [0.717, 1.165) is 25.7 Å². The number of ether oxygens (including phenoxy) is 1. The van der Waals surface area contributed by atoms with Gasteiger partial charge >= 0.3 is 17.8 Å². The van der Waals surface area contributed by atoms with Crippen LogP contribution < -0.4 is 10.6 Å². The standard InChI is InChI=1S/C20H36N2O4/c1-21-19(24)20(25)22-17-15-13-11-9-7-5-3-4-6-8-10-12-14-16-18(23)26-2/h14,16H,3-13,15,17H2,1-2H3,(H,21,24)(H,22,25). The molecule has 0 unspecified atom stereocenters. The van der Waals surface area contributed by atoms with Gasteiger partial charge in [-0.05, 0) is 19.3 Å². The predicted octanol–water partition coefficient (Wildman–Crippen LogP) is 3.26. The Bertz CT molecular complexity index is 422. The summed E-state index contributed by atoms with van der Waals surface area (Å²) in [5, 5.41) is 4.91. The van der Waals surface area contributed by atoms with E-state index >= 15 is 0 Å². The fourth-order valence-corrected chi connectivity index (χ4v) is 2.62. The van der Waals surface area contributed by atoms with Gasteiger partial charge in [-0.15, -0.1) is 0 Å². The van der Waals surface area contributed by atoms with Crippen molar-refractivity contribution in [3.8, 4) is 0 Å². The molecule has 2 amide bonds. The zero-order valence-electron chi connectivity index (χ0n) is 16.5. The van der Waals surface area contributed by atoms with Crippen LogP contribution in [0.4, 0.5) is 0 Å². The maximum absolute atomic E-state index is 11.2. The Morgan fingerprint density at radius 3 is 1.77 bits per heavy atom. The molecule has 0 fully saturated rings. The molecule has 0 aliphatic carbocycles. The first-order valence-corrected chi connectivity index (χ1v) is 9.86. The Morgan fingerprint density at radius 1 is 0.769 bits per heavy atom. The van der Waals surface area contributed by atoms with Crippen LogP contribution in [0.5, 0.6) is 0 Å².